The van der Waals surface area contributed by atoms with Crippen LogP contribution in [0.25, 0.3) is 0 Å². The number of nitrogens with one attached hydrogen (secondary N) is 2. The second-order valence-corrected chi connectivity index (χ2v) is 8.23. The Morgan fingerprint density at radius 3 is 2.44 bits per heavy atom. The second kappa shape index (κ2) is 5.17. The molecule has 0 saturated carbocycles. The summed E-state index contributed by atoms with van der Waals surface area (Å²) < 4.78 is 22.9. The molecule has 1 fully saturated rings. The minimum absolute atomic E-state index is 0.0904. The van der Waals surface area contributed by atoms with Crippen LogP contribution in [-0.2, 0) is 14.6 Å². The van der Waals surface area contributed by atoms with Crippen LogP contribution in [0.5, 0.6) is 0 Å². The summed E-state index contributed by atoms with van der Waals surface area (Å²) in [7, 11) is -2.94. The number of carbonyl (C=O) groups is 1. The molecule has 1 aliphatic rings. The molecule has 106 valence electrons. The van der Waals surface area contributed by atoms with Crippen LogP contribution in [0.4, 0.5) is 0 Å². The van der Waals surface area contributed by atoms with Gasteiger partial charge in [0.15, 0.2) is 9.84 Å². The molecule has 0 aromatic rings. The van der Waals surface area contributed by atoms with Gasteiger partial charge in [-0.15, -0.1) is 0 Å². The Kier molecular flexibility index (Phi) is 4.43. The summed E-state index contributed by atoms with van der Waals surface area (Å²) in [6.07, 6.45) is 1.42. The highest BCUT2D eigenvalue weighted by Gasteiger charge is 2.38. The number of hydrogen-bond donors (Lipinski definition) is 2. The van der Waals surface area contributed by atoms with Crippen molar-refractivity contribution in [2.45, 2.75) is 51.6 Å². The van der Waals surface area contributed by atoms with Gasteiger partial charge in [0.25, 0.3) is 0 Å². The average molecular weight is 276 g/mol. The van der Waals surface area contributed by atoms with Gasteiger partial charge in [0.1, 0.15) is 0 Å². The Labute approximate surface area is 110 Å². The molecule has 0 aromatic carbocycles. The first-order valence-corrected chi connectivity index (χ1v) is 8.16. The molecule has 0 radical (unpaired) electrons. The summed E-state index contributed by atoms with van der Waals surface area (Å²) in [5.74, 6) is 0.232. The average Bonchev–Trinajstić information content (AvgIpc) is 2.51. The smallest absolute Gasteiger partial charge is 0.234 e. The lowest BCUT2D eigenvalue weighted by Gasteiger charge is -2.27. The third kappa shape index (κ3) is 4.57. The summed E-state index contributed by atoms with van der Waals surface area (Å²) in [5, 5.41) is 5.99. The maximum atomic E-state index is 11.8. The summed E-state index contributed by atoms with van der Waals surface area (Å²) in [4.78, 5) is 11.8. The molecule has 1 rings (SSSR count). The van der Waals surface area contributed by atoms with Crippen LogP contribution >= 0.6 is 0 Å². The van der Waals surface area contributed by atoms with E-state index < -0.39 is 15.4 Å². The van der Waals surface area contributed by atoms with Crippen LogP contribution in [0.3, 0.4) is 0 Å². The van der Waals surface area contributed by atoms with Gasteiger partial charge in [-0.2, -0.15) is 0 Å². The van der Waals surface area contributed by atoms with Crippen molar-refractivity contribution < 1.29 is 13.2 Å². The molecule has 5 nitrogen and oxygen atoms in total. The van der Waals surface area contributed by atoms with Crippen molar-refractivity contribution in [3.8, 4) is 0 Å². The van der Waals surface area contributed by atoms with Crippen molar-refractivity contribution >= 4 is 15.7 Å². The molecule has 1 unspecified atom stereocenters. The molecule has 0 aliphatic carbocycles. The Morgan fingerprint density at radius 2 is 2.00 bits per heavy atom. The molecule has 1 aliphatic heterocycles. The van der Waals surface area contributed by atoms with Crippen LogP contribution < -0.4 is 10.6 Å². The molecular weight excluding hydrogens is 252 g/mol. The molecule has 0 aromatic heterocycles. The van der Waals surface area contributed by atoms with Crippen LogP contribution in [0, 0.1) is 0 Å². The van der Waals surface area contributed by atoms with Crippen molar-refractivity contribution in [2.75, 3.05) is 18.1 Å². The Hall–Kier alpha value is -0.620. The van der Waals surface area contributed by atoms with Gasteiger partial charge >= 0.3 is 0 Å². The van der Waals surface area contributed by atoms with Gasteiger partial charge in [-0.1, -0.05) is 6.92 Å². The highest BCUT2D eigenvalue weighted by atomic mass is 32.2. The van der Waals surface area contributed by atoms with Crippen LogP contribution in [0.1, 0.15) is 40.5 Å². The van der Waals surface area contributed by atoms with Crippen LogP contribution in [0.2, 0.25) is 0 Å². The number of carbonyl (C=O) groups excluding carboxylic acids is 1. The minimum atomic E-state index is -2.94. The van der Waals surface area contributed by atoms with E-state index in [4.69, 9.17) is 0 Å². The summed E-state index contributed by atoms with van der Waals surface area (Å²) in [5.41, 5.74) is -0.687. The molecule has 1 saturated heterocycles. The number of sulfone groups is 1. The zero-order chi connectivity index (χ0) is 14.0. The van der Waals surface area contributed by atoms with Crippen molar-refractivity contribution in [1.82, 2.24) is 10.6 Å². The zero-order valence-electron chi connectivity index (χ0n) is 11.7. The van der Waals surface area contributed by atoms with Gasteiger partial charge < -0.3 is 10.6 Å². The molecule has 18 heavy (non-hydrogen) atoms. The lowest BCUT2D eigenvalue weighted by Crippen LogP contribution is -2.51. The van der Waals surface area contributed by atoms with E-state index >= 15 is 0 Å². The first-order chi connectivity index (χ1) is 8.08. The summed E-state index contributed by atoms with van der Waals surface area (Å²) in [6, 6.07) is 0. The quantitative estimate of drug-likeness (QED) is 0.765. The Bertz CT molecular complexity index is 417. The van der Waals surface area contributed by atoms with E-state index in [1.54, 1.807) is 0 Å². The molecule has 1 amide bonds. The van der Waals surface area contributed by atoms with Gasteiger partial charge in [0.2, 0.25) is 5.91 Å². The molecule has 0 bridgehead atoms. The molecule has 6 heteroatoms. The van der Waals surface area contributed by atoms with Gasteiger partial charge in [-0.25, -0.2) is 8.42 Å². The van der Waals surface area contributed by atoms with Gasteiger partial charge in [0.05, 0.1) is 18.1 Å². The van der Waals surface area contributed by atoms with Crippen LogP contribution in [-0.4, -0.2) is 43.5 Å². The minimum Gasteiger partial charge on any atom is -0.350 e. The van der Waals surface area contributed by atoms with Gasteiger partial charge in [-0.05, 0) is 33.6 Å². The highest BCUT2D eigenvalue weighted by Crippen LogP contribution is 2.22. The first kappa shape index (κ1) is 15.4. The molecule has 1 heterocycles. The highest BCUT2D eigenvalue weighted by molar-refractivity contribution is 7.91. The Morgan fingerprint density at radius 1 is 1.39 bits per heavy atom. The fraction of sp³-hybridized carbons (Fsp3) is 0.917. The normalized spacial score (nSPS) is 27.1. The zero-order valence-corrected chi connectivity index (χ0v) is 12.5. The van der Waals surface area contributed by atoms with Crippen LogP contribution in [0.15, 0.2) is 0 Å². The number of hydrogen-bond acceptors (Lipinski definition) is 4. The van der Waals surface area contributed by atoms with Gasteiger partial charge in [0, 0.05) is 11.1 Å². The second-order valence-electron chi connectivity index (χ2n) is 6.04. The topological polar surface area (TPSA) is 75.3 Å². The van der Waals surface area contributed by atoms with Crippen molar-refractivity contribution in [2.24, 2.45) is 0 Å². The maximum absolute atomic E-state index is 11.8. The Balaban J connectivity index is 2.44. The van der Waals surface area contributed by atoms with E-state index in [2.05, 4.69) is 10.6 Å². The van der Waals surface area contributed by atoms with E-state index in [0.717, 1.165) is 6.42 Å². The molecular formula is C12H24N2O3S. The molecule has 2 N–H and O–H groups in total. The first-order valence-electron chi connectivity index (χ1n) is 6.34. The third-order valence-electron chi connectivity index (χ3n) is 3.54. The van der Waals surface area contributed by atoms with E-state index in [1.165, 1.54) is 0 Å². The maximum Gasteiger partial charge on any atom is 0.234 e. The number of amides is 1. The van der Waals surface area contributed by atoms with E-state index in [9.17, 15) is 13.2 Å². The third-order valence-corrected chi connectivity index (χ3v) is 5.44. The fourth-order valence-corrected chi connectivity index (χ4v) is 4.08. The fourth-order valence-electron chi connectivity index (χ4n) is 1.95. The standard InChI is InChI=1S/C12H24N2O3S/c1-5-11(2,3)14-10(15)8-13-12(4)6-7-18(16,17)9-12/h13H,5-9H2,1-4H3,(H,14,15). The molecule has 0 spiro atoms. The number of rotatable bonds is 5. The van der Waals surface area contributed by atoms with Crippen molar-refractivity contribution in [3.63, 3.8) is 0 Å². The predicted molar refractivity (Wildman–Crippen MR) is 72.2 cm³/mol. The van der Waals surface area contributed by atoms with Gasteiger partial charge in [-0.3, -0.25) is 4.79 Å². The summed E-state index contributed by atoms with van der Waals surface area (Å²) >= 11 is 0. The summed E-state index contributed by atoms with van der Waals surface area (Å²) in [6.45, 7) is 7.96. The monoisotopic (exact) mass is 276 g/mol. The largest absolute Gasteiger partial charge is 0.350 e. The molecule has 1 atom stereocenters. The van der Waals surface area contributed by atoms with E-state index in [0.29, 0.717) is 6.42 Å². The van der Waals surface area contributed by atoms with E-state index in [-0.39, 0.29) is 29.5 Å². The van der Waals surface area contributed by atoms with Crippen molar-refractivity contribution in [1.29, 1.82) is 0 Å². The SMILES string of the molecule is CCC(C)(C)NC(=O)CNC1(C)CCS(=O)(=O)C1. The van der Waals surface area contributed by atoms with Crippen molar-refractivity contribution in [3.05, 3.63) is 0 Å². The lowest BCUT2D eigenvalue weighted by molar-refractivity contribution is -0.122. The van der Waals surface area contributed by atoms with E-state index in [1.807, 2.05) is 27.7 Å². The lowest BCUT2D eigenvalue weighted by atomic mass is 10.0. The predicted octanol–water partition coefficient (Wildman–Crippen LogP) is 0.458.